The van der Waals surface area contributed by atoms with E-state index in [2.05, 4.69) is 45.6 Å². The van der Waals surface area contributed by atoms with Gasteiger partial charge in [-0.2, -0.15) is 0 Å². The first-order valence-corrected chi connectivity index (χ1v) is 6.08. The minimum Gasteiger partial charge on any atom is -0.0958 e. The van der Waals surface area contributed by atoms with Gasteiger partial charge in [-0.1, -0.05) is 56.7 Å². The smallest absolute Gasteiger partial charge is 0.0233 e. The van der Waals surface area contributed by atoms with E-state index < -0.39 is 0 Å². The van der Waals surface area contributed by atoms with E-state index in [-0.39, 0.29) is 0 Å². The Kier molecular flexibility index (Phi) is 4.38. The first kappa shape index (κ1) is 12.3. The molecule has 0 aromatic carbocycles. The zero-order valence-corrected chi connectivity index (χ0v) is 10.5. The normalized spacial score (nSPS) is 27.9. The molecule has 0 heterocycles. The van der Waals surface area contributed by atoms with E-state index in [0.29, 0.717) is 5.41 Å². The molecule has 0 spiro atoms. The van der Waals surface area contributed by atoms with Crippen LogP contribution in [0.4, 0.5) is 0 Å². The number of hydrogen-bond acceptors (Lipinski definition) is 0. The summed E-state index contributed by atoms with van der Waals surface area (Å²) in [5.74, 6) is 0. The van der Waals surface area contributed by atoms with Gasteiger partial charge in [0.05, 0.1) is 0 Å². The molecular weight excluding hydrogens is 180 g/mol. The maximum absolute atomic E-state index is 4.14. The molecule has 0 aromatic heterocycles. The Hall–Kier alpha value is -0.780. The molecule has 0 radical (unpaired) electrons. The van der Waals surface area contributed by atoms with Crippen molar-refractivity contribution in [3.63, 3.8) is 0 Å². The van der Waals surface area contributed by atoms with Gasteiger partial charge in [0, 0.05) is 0 Å². The second-order valence-corrected chi connectivity index (χ2v) is 5.36. The Morgan fingerprint density at radius 2 is 2.07 bits per heavy atom. The number of rotatable bonds is 1. The van der Waals surface area contributed by atoms with E-state index >= 15 is 0 Å². The minimum atomic E-state index is 0.416. The van der Waals surface area contributed by atoms with Crippen molar-refractivity contribution in [1.82, 2.24) is 0 Å². The molecule has 0 N–H and O–H groups in total. The lowest BCUT2D eigenvalue weighted by atomic mass is 9.80. The fourth-order valence-corrected chi connectivity index (χ4v) is 2.19. The molecule has 0 saturated carbocycles. The van der Waals surface area contributed by atoms with Gasteiger partial charge >= 0.3 is 0 Å². The summed E-state index contributed by atoms with van der Waals surface area (Å²) in [4.78, 5) is 0. The van der Waals surface area contributed by atoms with Gasteiger partial charge in [-0.05, 0) is 37.5 Å². The van der Waals surface area contributed by atoms with Crippen molar-refractivity contribution in [3.8, 4) is 0 Å². The molecule has 0 unspecified atom stereocenters. The first-order chi connectivity index (χ1) is 7.03. The van der Waals surface area contributed by atoms with Crippen molar-refractivity contribution in [2.75, 3.05) is 0 Å². The highest BCUT2D eigenvalue weighted by molar-refractivity contribution is 5.27. The van der Waals surface area contributed by atoms with Crippen LogP contribution in [0.2, 0.25) is 0 Å². The van der Waals surface area contributed by atoms with Crippen molar-refractivity contribution < 1.29 is 0 Å². The van der Waals surface area contributed by atoms with Gasteiger partial charge in [-0.25, -0.2) is 0 Å². The molecule has 0 aliphatic heterocycles. The summed E-state index contributed by atoms with van der Waals surface area (Å²) >= 11 is 0. The van der Waals surface area contributed by atoms with E-state index in [1.54, 1.807) is 0 Å². The highest BCUT2D eigenvalue weighted by atomic mass is 14.2. The molecule has 0 bridgehead atoms. The average Bonchev–Trinajstić information content (AvgIpc) is 2.15. The van der Waals surface area contributed by atoms with Crippen LogP contribution in [-0.2, 0) is 0 Å². The van der Waals surface area contributed by atoms with Crippen molar-refractivity contribution in [3.05, 3.63) is 36.0 Å². The van der Waals surface area contributed by atoms with Crippen molar-refractivity contribution in [2.45, 2.75) is 52.9 Å². The molecule has 1 rings (SSSR count). The topological polar surface area (TPSA) is 0 Å². The van der Waals surface area contributed by atoms with E-state index in [0.717, 1.165) is 12.8 Å². The van der Waals surface area contributed by atoms with Gasteiger partial charge in [-0.15, -0.1) is 0 Å². The largest absolute Gasteiger partial charge is 0.0958 e. The Labute approximate surface area is 94.8 Å². The van der Waals surface area contributed by atoms with Gasteiger partial charge < -0.3 is 0 Å². The Bertz CT molecular complexity index is 276. The highest BCUT2D eigenvalue weighted by Gasteiger charge is 2.17. The van der Waals surface area contributed by atoms with Crippen LogP contribution < -0.4 is 0 Å². The van der Waals surface area contributed by atoms with Gasteiger partial charge in [0.1, 0.15) is 0 Å². The maximum atomic E-state index is 4.14. The summed E-state index contributed by atoms with van der Waals surface area (Å²) in [7, 11) is 0. The summed E-state index contributed by atoms with van der Waals surface area (Å²) < 4.78 is 0. The van der Waals surface area contributed by atoms with Crippen LogP contribution in [0.5, 0.6) is 0 Å². The predicted molar refractivity (Wildman–Crippen MR) is 68.9 cm³/mol. The first-order valence-electron chi connectivity index (χ1n) is 6.08. The molecule has 0 saturated heterocycles. The quantitative estimate of drug-likeness (QED) is 0.561. The van der Waals surface area contributed by atoms with Gasteiger partial charge in [-0.3, -0.25) is 0 Å². The van der Waals surface area contributed by atoms with E-state index in [4.69, 9.17) is 0 Å². The fourth-order valence-electron chi connectivity index (χ4n) is 2.19. The maximum Gasteiger partial charge on any atom is -0.0233 e. The zero-order valence-electron chi connectivity index (χ0n) is 10.5. The molecule has 15 heavy (non-hydrogen) atoms. The predicted octanol–water partition coefficient (Wildman–Crippen LogP) is 5.04. The molecular formula is C15H24. The zero-order chi connectivity index (χ0) is 11.3. The molecule has 1 aliphatic rings. The number of allylic oxidation sites excluding steroid dienone is 5. The van der Waals surface area contributed by atoms with Crippen molar-refractivity contribution >= 4 is 0 Å². The average molecular weight is 204 g/mol. The third-order valence-electron chi connectivity index (χ3n) is 3.11. The molecule has 0 aromatic rings. The van der Waals surface area contributed by atoms with Crippen LogP contribution in [0.15, 0.2) is 36.0 Å². The molecule has 0 nitrogen and oxygen atoms in total. The minimum absolute atomic E-state index is 0.416. The Morgan fingerprint density at radius 3 is 2.73 bits per heavy atom. The fraction of sp³-hybridized carbons (Fsp3) is 0.600. The lowest BCUT2D eigenvalue weighted by Crippen LogP contribution is -2.11. The van der Waals surface area contributed by atoms with Crippen LogP contribution in [0.1, 0.15) is 52.9 Å². The van der Waals surface area contributed by atoms with Crippen LogP contribution in [-0.4, -0.2) is 0 Å². The summed E-state index contributed by atoms with van der Waals surface area (Å²) in [5.41, 5.74) is 3.14. The SMILES string of the molecule is C=C1/C=C\C(CC)=C/CCCC(C)(C)C1. The summed E-state index contributed by atoms with van der Waals surface area (Å²) in [5, 5.41) is 0. The molecule has 84 valence electrons. The van der Waals surface area contributed by atoms with Gasteiger partial charge in [0.2, 0.25) is 0 Å². The monoisotopic (exact) mass is 204 g/mol. The van der Waals surface area contributed by atoms with Gasteiger partial charge in [0.15, 0.2) is 0 Å². The second-order valence-electron chi connectivity index (χ2n) is 5.36. The summed E-state index contributed by atoms with van der Waals surface area (Å²) in [6.07, 6.45) is 12.9. The van der Waals surface area contributed by atoms with E-state index in [9.17, 15) is 0 Å². The van der Waals surface area contributed by atoms with E-state index in [1.165, 1.54) is 30.4 Å². The highest BCUT2D eigenvalue weighted by Crippen LogP contribution is 2.32. The van der Waals surface area contributed by atoms with Gasteiger partial charge in [0.25, 0.3) is 0 Å². The van der Waals surface area contributed by atoms with Crippen LogP contribution in [0.3, 0.4) is 0 Å². The van der Waals surface area contributed by atoms with Crippen molar-refractivity contribution in [1.29, 1.82) is 0 Å². The standard InChI is InChI=1S/C15H24/c1-5-14-8-6-7-11-15(3,4)12-13(2)9-10-14/h8-10H,2,5-7,11-12H2,1,3-4H3/b10-9-,14-8-. The lowest BCUT2D eigenvalue weighted by Gasteiger charge is -2.25. The Morgan fingerprint density at radius 1 is 1.33 bits per heavy atom. The van der Waals surface area contributed by atoms with Crippen LogP contribution in [0, 0.1) is 5.41 Å². The Balaban J connectivity index is 2.75. The molecule has 0 atom stereocenters. The van der Waals surface area contributed by atoms with E-state index in [1.807, 2.05) is 0 Å². The van der Waals surface area contributed by atoms with Crippen LogP contribution >= 0.6 is 0 Å². The molecule has 0 fully saturated rings. The number of hydrogen-bond donors (Lipinski definition) is 0. The second kappa shape index (κ2) is 5.34. The summed E-state index contributed by atoms with van der Waals surface area (Å²) in [6.45, 7) is 11.0. The lowest BCUT2D eigenvalue weighted by molar-refractivity contribution is 0.325. The third kappa shape index (κ3) is 4.51. The molecule has 1 aliphatic carbocycles. The van der Waals surface area contributed by atoms with Crippen LogP contribution in [0.25, 0.3) is 0 Å². The molecule has 0 heteroatoms. The summed E-state index contributed by atoms with van der Waals surface area (Å²) in [6, 6.07) is 0. The van der Waals surface area contributed by atoms with Crippen molar-refractivity contribution in [2.24, 2.45) is 5.41 Å². The third-order valence-corrected chi connectivity index (χ3v) is 3.11. The molecule has 0 amide bonds.